The van der Waals surface area contributed by atoms with Crippen molar-refractivity contribution in [1.82, 2.24) is 9.80 Å². The zero-order valence-electron chi connectivity index (χ0n) is 13.8. The Balaban J connectivity index is 2.05. The van der Waals surface area contributed by atoms with Gasteiger partial charge in [-0.05, 0) is 37.1 Å². The van der Waals surface area contributed by atoms with Crippen molar-refractivity contribution in [3.63, 3.8) is 0 Å². The average molecular weight is 324 g/mol. The van der Waals surface area contributed by atoms with Gasteiger partial charge in [0.05, 0.1) is 19.8 Å². The van der Waals surface area contributed by atoms with Gasteiger partial charge in [-0.3, -0.25) is 9.69 Å². The van der Waals surface area contributed by atoms with Crippen molar-refractivity contribution in [3.05, 3.63) is 34.6 Å². The minimum Gasteiger partial charge on any atom is -0.395 e. The van der Waals surface area contributed by atoms with Crippen molar-refractivity contribution in [2.75, 3.05) is 52.5 Å². The number of amides is 1. The fourth-order valence-electron chi connectivity index (χ4n) is 2.77. The third-order valence-corrected chi connectivity index (χ3v) is 4.13. The van der Waals surface area contributed by atoms with Gasteiger partial charge < -0.3 is 14.7 Å². The molecule has 0 atom stereocenters. The summed E-state index contributed by atoms with van der Waals surface area (Å²) in [5.41, 5.74) is 1.40. The highest BCUT2D eigenvalue weighted by molar-refractivity contribution is 5.94. The van der Waals surface area contributed by atoms with Gasteiger partial charge in [-0.25, -0.2) is 4.39 Å². The molecule has 23 heavy (non-hydrogen) atoms. The molecule has 1 fully saturated rings. The number of carbonyl (C=O) groups excluding carboxylic acids is 1. The van der Waals surface area contributed by atoms with Gasteiger partial charge in [0.1, 0.15) is 5.82 Å². The number of halogens is 1. The number of hydrogen-bond donors (Lipinski definition) is 1. The highest BCUT2D eigenvalue weighted by Crippen LogP contribution is 2.16. The van der Waals surface area contributed by atoms with Crippen LogP contribution in [0.1, 0.15) is 21.5 Å². The molecule has 0 saturated carbocycles. The number of ether oxygens (including phenoxy) is 1. The molecule has 0 aliphatic carbocycles. The molecule has 1 aliphatic rings. The lowest BCUT2D eigenvalue weighted by Crippen LogP contribution is -2.44. The fourth-order valence-corrected chi connectivity index (χ4v) is 2.77. The van der Waals surface area contributed by atoms with Crippen LogP contribution in [0.25, 0.3) is 0 Å². The van der Waals surface area contributed by atoms with E-state index in [2.05, 4.69) is 4.90 Å². The van der Waals surface area contributed by atoms with E-state index < -0.39 is 0 Å². The summed E-state index contributed by atoms with van der Waals surface area (Å²) >= 11 is 0. The van der Waals surface area contributed by atoms with Gasteiger partial charge in [-0.15, -0.1) is 0 Å². The molecule has 0 bridgehead atoms. The van der Waals surface area contributed by atoms with E-state index in [0.29, 0.717) is 36.4 Å². The van der Waals surface area contributed by atoms with E-state index in [1.54, 1.807) is 30.9 Å². The van der Waals surface area contributed by atoms with Crippen molar-refractivity contribution in [2.45, 2.75) is 13.8 Å². The molecule has 1 aromatic carbocycles. The molecule has 0 radical (unpaired) electrons. The van der Waals surface area contributed by atoms with Crippen LogP contribution in [0.4, 0.5) is 4.39 Å². The Bertz CT molecular complexity index is 522. The predicted octanol–water partition coefficient (Wildman–Crippen LogP) is 1.21. The Morgan fingerprint density at radius 1 is 1.26 bits per heavy atom. The number of nitrogens with zero attached hydrogens (tertiary/aromatic N) is 2. The first-order valence-electron chi connectivity index (χ1n) is 8.00. The van der Waals surface area contributed by atoms with E-state index >= 15 is 0 Å². The molecule has 2 rings (SSSR count). The fraction of sp³-hybridized carbons (Fsp3) is 0.588. The maximum Gasteiger partial charge on any atom is 0.253 e. The zero-order valence-corrected chi connectivity index (χ0v) is 13.8. The number of aliphatic hydroxyl groups excluding tert-OH is 1. The molecule has 1 aliphatic heterocycles. The van der Waals surface area contributed by atoms with E-state index in [1.165, 1.54) is 0 Å². The van der Waals surface area contributed by atoms with Gasteiger partial charge in [-0.2, -0.15) is 0 Å². The molecule has 1 amide bonds. The number of morpholine rings is 1. The van der Waals surface area contributed by atoms with Gasteiger partial charge >= 0.3 is 0 Å². The first-order chi connectivity index (χ1) is 11.0. The van der Waals surface area contributed by atoms with Crippen LogP contribution >= 0.6 is 0 Å². The summed E-state index contributed by atoms with van der Waals surface area (Å²) in [5, 5.41) is 9.24. The second-order valence-corrected chi connectivity index (χ2v) is 5.89. The maximum absolute atomic E-state index is 13.7. The Morgan fingerprint density at radius 3 is 2.43 bits per heavy atom. The second-order valence-electron chi connectivity index (χ2n) is 5.89. The minimum atomic E-state index is -0.274. The molecule has 5 nitrogen and oxygen atoms in total. The lowest BCUT2D eigenvalue weighted by Gasteiger charge is -2.30. The van der Waals surface area contributed by atoms with E-state index in [-0.39, 0.29) is 24.9 Å². The van der Waals surface area contributed by atoms with Crippen LogP contribution in [0.2, 0.25) is 0 Å². The molecule has 0 spiro atoms. The average Bonchev–Trinajstić information content (AvgIpc) is 2.56. The molecular weight excluding hydrogens is 299 g/mol. The second kappa shape index (κ2) is 8.38. The number of aryl methyl sites for hydroxylation is 2. The normalized spacial score (nSPS) is 15.7. The van der Waals surface area contributed by atoms with Crippen LogP contribution in [0.3, 0.4) is 0 Å². The summed E-state index contributed by atoms with van der Waals surface area (Å²) in [6.45, 7) is 7.92. The lowest BCUT2D eigenvalue weighted by atomic mass is 10.1. The van der Waals surface area contributed by atoms with E-state index in [1.807, 2.05) is 0 Å². The van der Waals surface area contributed by atoms with E-state index in [0.717, 1.165) is 19.6 Å². The number of carbonyl (C=O) groups is 1. The monoisotopic (exact) mass is 324 g/mol. The SMILES string of the molecule is Cc1cc(C(=O)N(CCO)CCN2CCOCC2)cc(C)c1F. The predicted molar refractivity (Wildman–Crippen MR) is 86.1 cm³/mol. The van der Waals surface area contributed by atoms with Crippen LogP contribution in [-0.2, 0) is 4.74 Å². The van der Waals surface area contributed by atoms with Crippen molar-refractivity contribution in [1.29, 1.82) is 0 Å². The Morgan fingerprint density at radius 2 is 1.87 bits per heavy atom. The minimum absolute atomic E-state index is 0.0893. The van der Waals surface area contributed by atoms with Crippen molar-refractivity contribution >= 4 is 5.91 Å². The Kier molecular flexibility index (Phi) is 6.50. The third kappa shape index (κ3) is 4.73. The van der Waals surface area contributed by atoms with Gasteiger partial charge in [0.2, 0.25) is 0 Å². The molecule has 1 N–H and O–H groups in total. The summed E-state index contributed by atoms with van der Waals surface area (Å²) in [7, 11) is 0. The summed E-state index contributed by atoms with van der Waals surface area (Å²) in [6, 6.07) is 3.15. The number of benzene rings is 1. The molecular formula is C17H25FN2O3. The summed E-state index contributed by atoms with van der Waals surface area (Å²) in [5.74, 6) is -0.443. The van der Waals surface area contributed by atoms with Gasteiger partial charge in [0.25, 0.3) is 5.91 Å². The number of hydrogen-bond acceptors (Lipinski definition) is 4. The van der Waals surface area contributed by atoms with Crippen LogP contribution in [0.5, 0.6) is 0 Å². The molecule has 0 aromatic heterocycles. The van der Waals surface area contributed by atoms with E-state index in [9.17, 15) is 14.3 Å². The first-order valence-corrected chi connectivity index (χ1v) is 8.00. The number of aliphatic hydroxyl groups is 1. The first kappa shape index (κ1) is 17.8. The van der Waals surface area contributed by atoms with Crippen LogP contribution < -0.4 is 0 Å². The molecule has 128 valence electrons. The highest BCUT2D eigenvalue weighted by Gasteiger charge is 2.19. The Hall–Kier alpha value is -1.50. The van der Waals surface area contributed by atoms with Crippen molar-refractivity contribution in [3.8, 4) is 0 Å². The lowest BCUT2D eigenvalue weighted by molar-refractivity contribution is 0.0315. The van der Waals surface area contributed by atoms with Crippen molar-refractivity contribution < 1.29 is 19.0 Å². The third-order valence-electron chi connectivity index (χ3n) is 4.13. The molecule has 1 saturated heterocycles. The number of rotatable bonds is 6. The summed E-state index contributed by atoms with van der Waals surface area (Å²) < 4.78 is 19.0. The van der Waals surface area contributed by atoms with E-state index in [4.69, 9.17) is 4.74 Å². The molecule has 1 aromatic rings. The zero-order chi connectivity index (χ0) is 16.8. The standard InChI is InChI=1S/C17H25FN2O3/c1-13-11-15(12-14(2)16(13)18)17(22)20(5-8-21)4-3-19-6-9-23-10-7-19/h11-12,21H,3-10H2,1-2H3. The van der Waals surface area contributed by atoms with Crippen molar-refractivity contribution in [2.24, 2.45) is 0 Å². The van der Waals surface area contributed by atoms with Gasteiger partial charge in [0, 0.05) is 38.3 Å². The van der Waals surface area contributed by atoms with Crippen LogP contribution in [0.15, 0.2) is 12.1 Å². The molecule has 0 unspecified atom stereocenters. The van der Waals surface area contributed by atoms with Gasteiger partial charge in [-0.1, -0.05) is 0 Å². The summed E-state index contributed by atoms with van der Waals surface area (Å²) in [6.07, 6.45) is 0. The molecule has 6 heteroatoms. The van der Waals surface area contributed by atoms with Crippen LogP contribution in [0, 0.1) is 19.7 Å². The molecule has 1 heterocycles. The maximum atomic E-state index is 13.7. The van der Waals surface area contributed by atoms with Crippen LogP contribution in [-0.4, -0.2) is 73.4 Å². The quantitative estimate of drug-likeness (QED) is 0.855. The largest absolute Gasteiger partial charge is 0.395 e. The topological polar surface area (TPSA) is 53.0 Å². The van der Waals surface area contributed by atoms with Gasteiger partial charge in [0.15, 0.2) is 0 Å². The Labute approximate surface area is 136 Å². The summed E-state index contributed by atoms with van der Waals surface area (Å²) in [4.78, 5) is 16.5. The smallest absolute Gasteiger partial charge is 0.253 e. The highest BCUT2D eigenvalue weighted by atomic mass is 19.1.